The molecule has 0 radical (unpaired) electrons. The molecule has 7 rings (SSSR count). The molecule has 2 aromatic carbocycles. The highest BCUT2D eigenvalue weighted by atomic mass is 35.5. The van der Waals surface area contributed by atoms with Crippen molar-refractivity contribution in [1.29, 1.82) is 0 Å². The van der Waals surface area contributed by atoms with Crippen molar-refractivity contribution in [3.63, 3.8) is 0 Å². The molecule has 0 spiro atoms. The number of nitrogens with zero attached hydrogens (tertiary/aromatic N) is 1. The van der Waals surface area contributed by atoms with E-state index in [2.05, 4.69) is 4.98 Å². The summed E-state index contributed by atoms with van der Waals surface area (Å²) in [5.74, 6) is -2.99. The van der Waals surface area contributed by atoms with Crippen LogP contribution in [0.4, 0.5) is 18.9 Å². The Kier molecular flexibility index (Phi) is 5.07. The van der Waals surface area contributed by atoms with E-state index >= 15 is 0 Å². The Morgan fingerprint density at radius 1 is 0.946 bits per heavy atom. The summed E-state index contributed by atoms with van der Waals surface area (Å²) in [5.41, 5.74) is -0.418. The van der Waals surface area contributed by atoms with Gasteiger partial charge >= 0.3 is 11.0 Å². The van der Waals surface area contributed by atoms with E-state index < -0.39 is 41.1 Å². The lowest BCUT2D eigenvalue weighted by Gasteiger charge is -2.43. The topological polar surface area (TPSA) is 70.2 Å². The molecule has 7 atom stereocenters. The molecule has 2 amide bonds. The number of thiazole rings is 1. The summed E-state index contributed by atoms with van der Waals surface area (Å²) in [5, 5.41) is 1.31. The first-order chi connectivity index (χ1) is 17.6. The predicted molar refractivity (Wildman–Crippen MR) is 134 cm³/mol. The molecule has 2 saturated carbocycles. The number of hydrogen-bond acceptors (Lipinski definition) is 5. The number of nitrogens with one attached hydrogen (secondary N) is 1. The number of benzene rings is 2. The normalized spacial score (nSPS) is 32.0. The zero-order valence-electron chi connectivity index (χ0n) is 18.9. The summed E-state index contributed by atoms with van der Waals surface area (Å²) >= 11 is 8.82. The number of rotatable bonds is 2. The van der Waals surface area contributed by atoms with Gasteiger partial charge in [-0.05, 0) is 54.0 Å². The van der Waals surface area contributed by atoms with E-state index in [0.29, 0.717) is 11.4 Å². The van der Waals surface area contributed by atoms with Crippen LogP contribution in [0, 0.1) is 29.6 Å². The fourth-order valence-electron chi connectivity index (χ4n) is 7.21. The number of thioether (sulfide) groups is 1. The number of amides is 2. The summed E-state index contributed by atoms with van der Waals surface area (Å²) in [7, 11) is 0. The Labute approximate surface area is 222 Å². The minimum atomic E-state index is -4.70. The minimum Gasteiger partial charge on any atom is -0.307 e. The Hall–Kier alpha value is -2.56. The van der Waals surface area contributed by atoms with Crippen molar-refractivity contribution in [2.75, 3.05) is 4.90 Å². The first-order valence-electron chi connectivity index (χ1n) is 11.8. The minimum absolute atomic E-state index is 0.0362. The smallest absolute Gasteiger partial charge is 0.307 e. The Morgan fingerprint density at radius 2 is 1.62 bits per heavy atom. The third kappa shape index (κ3) is 3.28. The molecule has 2 aliphatic heterocycles. The molecule has 11 heteroatoms. The quantitative estimate of drug-likeness (QED) is 0.402. The van der Waals surface area contributed by atoms with Crippen molar-refractivity contribution in [3.05, 3.63) is 79.2 Å². The number of halogens is 4. The molecule has 5 nitrogen and oxygen atoms in total. The van der Waals surface area contributed by atoms with Gasteiger partial charge in [0.2, 0.25) is 11.8 Å². The van der Waals surface area contributed by atoms with Crippen LogP contribution in [0.3, 0.4) is 0 Å². The lowest BCUT2D eigenvalue weighted by molar-refractivity contribution is -0.137. The lowest BCUT2D eigenvalue weighted by Crippen LogP contribution is -2.42. The Morgan fingerprint density at radius 3 is 2.32 bits per heavy atom. The average molecular weight is 563 g/mol. The second-order valence-corrected chi connectivity index (χ2v) is 12.7. The van der Waals surface area contributed by atoms with Gasteiger partial charge in [0.1, 0.15) is 0 Å². The lowest BCUT2D eigenvalue weighted by atomic mass is 9.68. The molecule has 1 saturated heterocycles. The standard InChI is InChI=1S/C26H18ClF3N2O3S2/c27-11-7-5-10(6-8-11)16-17-12-9-13(20(17)36-22-21(16)37-25(35)31-22)19-18(12)23(33)32(24(19)34)15-4-2-1-3-14(15)26(28,29)30/h1-8,12-13,16-20H,9H2,(H,31,35)/t12-,13-,16+,17+,18+,19+,20-/m1/s1. The zero-order valence-corrected chi connectivity index (χ0v) is 21.3. The molecule has 1 aromatic heterocycles. The molecule has 3 heterocycles. The first kappa shape index (κ1) is 23.5. The molecule has 190 valence electrons. The molecule has 3 aromatic rings. The third-order valence-corrected chi connectivity index (χ3v) is 11.2. The molecule has 2 bridgehead atoms. The highest BCUT2D eigenvalue weighted by Gasteiger charge is 2.70. The molecule has 4 aliphatic rings. The van der Waals surface area contributed by atoms with Gasteiger partial charge in [-0.1, -0.05) is 47.2 Å². The van der Waals surface area contributed by atoms with Gasteiger partial charge in [-0.3, -0.25) is 14.4 Å². The van der Waals surface area contributed by atoms with Crippen LogP contribution in [0.5, 0.6) is 0 Å². The van der Waals surface area contributed by atoms with Gasteiger partial charge < -0.3 is 4.98 Å². The highest BCUT2D eigenvalue weighted by molar-refractivity contribution is 8.00. The van der Waals surface area contributed by atoms with E-state index in [0.717, 1.165) is 37.8 Å². The van der Waals surface area contributed by atoms with Gasteiger partial charge in [0.15, 0.2) is 0 Å². The molecule has 3 fully saturated rings. The third-order valence-electron chi connectivity index (χ3n) is 8.40. The maximum Gasteiger partial charge on any atom is 0.418 e. The molecular weight excluding hydrogens is 545 g/mol. The number of carbonyl (C=O) groups excluding carboxylic acids is 2. The van der Waals surface area contributed by atoms with Crippen LogP contribution < -0.4 is 9.77 Å². The van der Waals surface area contributed by atoms with Crippen LogP contribution in [-0.2, 0) is 15.8 Å². The molecule has 1 N–H and O–H groups in total. The molecule has 2 aliphatic carbocycles. The van der Waals surface area contributed by atoms with Crippen molar-refractivity contribution in [3.8, 4) is 0 Å². The predicted octanol–water partition coefficient (Wildman–Crippen LogP) is 5.79. The number of para-hydroxylation sites is 1. The summed E-state index contributed by atoms with van der Waals surface area (Å²) in [6.07, 6.45) is -4.04. The fourth-order valence-corrected chi connectivity index (χ4v) is 10.2. The number of aromatic nitrogens is 1. The summed E-state index contributed by atoms with van der Waals surface area (Å²) in [6.45, 7) is 0. The van der Waals surface area contributed by atoms with Crippen LogP contribution >= 0.6 is 34.7 Å². The van der Waals surface area contributed by atoms with E-state index in [1.807, 2.05) is 12.1 Å². The fraction of sp³-hybridized carbons (Fsp3) is 0.346. The van der Waals surface area contributed by atoms with Gasteiger partial charge in [0.25, 0.3) is 0 Å². The maximum atomic E-state index is 13.8. The van der Waals surface area contributed by atoms with E-state index in [-0.39, 0.29) is 33.8 Å². The molecule has 0 unspecified atom stereocenters. The van der Waals surface area contributed by atoms with E-state index in [1.165, 1.54) is 30.0 Å². The van der Waals surface area contributed by atoms with Crippen LogP contribution in [0.1, 0.15) is 28.3 Å². The second kappa shape index (κ2) is 7.97. The van der Waals surface area contributed by atoms with Gasteiger partial charge in [0, 0.05) is 21.1 Å². The van der Waals surface area contributed by atoms with Gasteiger partial charge in [-0.2, -0.15) is 13.2 Å². The number of anilines is 1. The van der Waals surface area contributed by atoms with Crippen molar-refractivity contribution >= 4 is 52.2 Å². The van der Waals surface area contributed by atoms with Crippen molar-refractivity contribution < 1.29 is 22.8 Å². The Bertz CT molecular complexity index is 1520. The van der Waals surface area contributed by atoms with E-state index in [9.17, 15) is 27.6 Å². The number of imide groups is 1. The summed E-state index contributed by atoms with van der Waals surface area (Å²) in [6, 6.07) is 12.2. The second-order valence-electron chi connectivity index (χ2n) is 10.0. The maximum absolute atomic E-state index is 13.8. The van der Waals surface area contributed by atoms with Crippen molar-refractivity contribution in [2.24, 2.45) is 29.6 Å². The van der Waals surface area contributed by atoms with Crippen LogP contribution in [0.25, 0.3) is 0 Å². The number of H-pyrrole nitrogens is 1. The summed E-state index contributed by atoms with van der Waals surface area (Å²) in [4.78, 5) is 44.2. The van der Waals surface area contributed by atoms with Crippen molar-refractivity contribution in [2.45, 2.75) is 28.8 Å². The monoisotopic (exact) mass is 562 g/mol. The largest absolute Gasteiger partial charge is 0.418 e. The summed E-state index contributed by atoms with van der Waals surface area (Å²) < 4.78 is 41.3. The molecular formula is C26H18ClF3N2O3S2. The van der Waals surface area contributed by atoms with Crippen molar-refractivity contribution in [1.82, 2.24) is 4.98 Å². The zero-order chi connectivity index (χ0) is 25.8. The number of aromatic amines is 1. The Balaban J connectivity index is 1.32. The average Bonchev–Trinajstić information content (AvgIpc) is 3.58. The van der Waals surface area contributed by atoms with Crippen LogP contribution in [0.2, 0.25) is 5.02 Å². The number of fused-ring (bicyclic) bond motifs is 9. The molecule has 37 heavy (non-hydrogen) atoms. The van der Waals surface area contributed by atoms with Crippen LogP contribution in [-0.4, -0.2) is 22.0 Å². The van der Waals surface area contributed by atoms with E-state index in [1.54, 1.807) is 12.1 Å². The van der Waals surface area contributed by atoms with E-state index in [4.69, 9.17) is 11.6 Å². The highest BCUT2D eigenvalue weighted by Crippen LogP contribution is 2.68. The SMILES string of the molecule is O=C1[C@H]2[C@H]3C[C@@H]([C@@H]2C(=O)N1c1ccccc1C(F)(F)F)[C@H]1[C@H](c2ccc(Cl)cc2)c2sc(=O)[nH]c2S[C@H]31. The number of hydrogen-bond donors (Lipinski definition) is 1. The van der Waals surface area contributed by atoms with Gasteiger partial charge in [-0.15, -0.1) is 11.8 Å². The van der Waals surface area contributed by atoms with Crippen LogP contribution in [0.15, 0.2) is 58.4 Å². The number of alkyl halides is 3. The number of carbonyl (C=O) groups is 2. The van der Waals surface area contributed by atoms with Gasteiger partial charge in [0.05, 0.1) is 28.1 Å². The van der Waals surface area contributed by atoms with Gasteiger partial charge in [-0.25, -0.2) is 4.90 Å². The first-order valence-corrected chi connectivity index (χ1v) is 13.9.